The highest BCUT2D eigenvalue weighted by Gasteiger charge is 2.22. The molecular weight excluding hydrogens is 417 g/mol. The molecular formula is C32H48FN. The Labute approximate surface area is 209 Å². The summed E-state index contributed by atoms with van der Waals surface area (Å²) in [4.78, 5) is 0. The number of rotatable bonds is 14. The van der Waals surface area contributed by atoms with E-state index >= 15 is 0 Å². The van der Waals surface area contributed by atoms with Crippen LogP contribution in [0, 0.1) is 34.9 Å². The highest BCUT2D eigenvalue weighted by Crippen LogP contribution is 2.37. The van der Waals surface area contributed by atoms with E-state index in [0.29, 0.717) is 0 Å². The van der Waals surface area contributed by atoms with E-state index in [2.05, 4.69) is 13.0 Å². The van der Waals surface area contributed by atoms with Gasteiger partial charge in [-0.15, -0.1) is 0 Å². The molecule has 0 amide bonds. The van der Waals surface area contributed by atoms with E-state index in [0.717, 1.165) is 36.2 Å². The fraction of sp³-hybridized carbons (Fsp3) is 0.719. The van der Waals surface area contributed by atoms with Crippen molar-refractivity contribution >= 4 is 0 Å². The minimum Gasteiger partial charge on any atom is -0.206 e. The molecule has 1 nitrogen and oxygen atoms in total. The van der Waals surface area contributed by atoms with E-state index in [9.17, 15) is 4.39 Å². The Kier molecular flexibility index (Phi) is 12.2. The van der Waals surface area contributed by atoms with E-state index < -0.39 is 0 Å². The van der Waals surface area contributed by atoms with Crippen LogP contribution < -0.4 is 0 Å². The van der Waals surface area contributed by atoms with E-state index in [1.54, 1.807) is 11.6 Å². The van der Waals surface area contributed by atoms with Crippen molar-refractivity contribution in [1.29, 1.82) is 5.26 Å². The predicted molar refractivity (Wildman–Crippen MR) is 142 cm³/mol. The number of hydrogen-bond acceptors (Lipinski definition) is 1. The second kappa shape index (κ2) is 15.4. The topological polar surface area (TPSA) is 23.8 Å². The summed E-state index contributed by atoms with van der Waals surface area (Å²) in [6.45, 7) is 2.30. The molecule has 1 fully saturated rings. The number of halogens is 1. The smallest absolute Gasteiger partial charge is 0.141 e. The number of allylic oxidation sites excluding steroid dienone is 2. The molecule has 0 aliphatic heterocycles. The van der Waals surface area contributed by atoms with Crippen molar-refractivity contribution < 1.29 is 4.39 Å². The van der Waals surface area contributed by atoms with Crippen LogP contribution in [0.5, 0.6) is 0 Å². The first-order chi connectivity index (χ1) is 16.7. The van der Waals surface area contributed by atoms with Gasteiger partial charge in [-0.05, 0) is 74.0 Å². The molecule has 3 rings (SSSR count). The van der Waals surface area contributed by atoms with Gasteiger partial charge in [0.1, 0.15) is 11.9 Å². The third kappa shape index (κ3) is 9.56. The summed E-state index contributed by atoms with van der Waals surface area (Å²) in [6, 6.07) is 6.95. The lowest BCUT2D eigenvalue weighted by Crippen LogP contribution is -2.16. The van der Waals surface area contributed by atoms with Gasteiger partial charge in [0, 0.05) is 0 Å². The van der Waals surface area contributed by atoms with Crippen molar-refractivity contribution in [3.8, 4) is 6.07 Å². The van der Waals surface area contributed by atoms with Gasteiger partial charge in [0.05, 0.1) is 5.56 Å². The maximum atomic E-state index is 13.8. The van der Waals surface area contributed by atoms with Gasteiger partial charge in [0.25, 0.3) is 0 Å². The van der Waals surface area contributed by atoms with Gasteiger partial charge >= 0.3 is 0 Å². The quantitative estimate of drug-likeness (QED) is 0.198. The molecule has 1 aromatic carbocycles. The average Bonchev–Trinajstić information content (AvgIpc) is 2.87. The van der Waals surface area contributed by atoms with Gasteiger partial charge in [-0.2, -0.15) is 5.26 Å². The molecule has 1 saturated carbocycles. The van der Waals surface area contributed by atoms with E-state index in [-0.39, 0.29) is 11.4 Å². The largest absolute Gasteiger partial charge is 0.206 e. The molecule has 2 aliphatic rings. The van der Waals surface area contributed by atoms with Crippen molar-refractivity contribution in [2.75, 3.05) is 0 Å². The van der Waals surface area contributed by atoms with Crippen LogP contribution in [-0.2, 0) is 6.42 Å². The maximum Gasteiger partial charge on any atom is 0.141 e. The summed E-state index contributed by atoms with van der Waals surface area (Å²) in [5, 5.41) is 8.88. The molecule has 1 unspecified atom stereocenters. The molecule has 0 spiro atoms. The number of nitriles is 1. The molecule has 2 heteroatoms. The highest BCUT2D eigenvalue weighted by atomic mass is 19.1. The van der Waals surface area contributed by atoms with Crippen LogP contribution in [0.15, 0.2) is 29.8 Å². The Balaban J connectivity index is 1.24. The van der Waals surface area contributed by atoms with Crippen molar-refractivity contribution in [2.45, 2.75) is 129 Å². The molecule has 1 atom stereocenters. The van der Waals surface area contributed by atoms with E-state index in [1.807, 2.05) is 12.1 Å². The van der Waals surface area contributed by atoms with Crippen LogP contribution >= 0.6 is 0 Å². The Hall–Kier alpha value is -1.62. The molecule has 0 saturated heterocycles. The second-order valence-corrected chi connectivity index (χ2v) is 11.3. The van der Waals surface area contributed by atoms with Crippen molar-refractivity contribution in [3.63, 3.8) is 0 Å². The monoisotopic (exact) mass is 465 g/mol. The number of hydrogen-bond donors (Lipinski definition) is 0. The van der Waals surface area contributed by atoms with Gasteiger partial charge in [0.15, 0.2) is 0 Å². The predicted octanol–water partition coefficient (Wildman–Crippen LogP) is 10.1. The Morgan fingerprint density at radius 2 is 1.50 bits per heavy atom. The molecule has 1 aromatic rings. The van der Waals surface area contributed by atoms with Gasteiger partial charge in [-0.25, -0.2) is 4.39 Å². The number of nitrogens with zero attached hydrogens (tertiary/aromatic N) is 1. The number of benzene rings is 1. The van der Waals surface area contributed by atoms with Crippen LogP contribution in [0.3, 0.4) is 0 Å². The second-order valence-electron chi connectivity index (χ2n) is 11.3. The van der Waals surface area contributed by atoms with E-state index in [1.165, 1.54) is 115 Å². The normalized spacial score (nSPS) is 22.9. The zero-order valence-electron chi connectivity index (χ0n) is 21.8. The minimum absolute atomic E-state index is 0.144. The fourth-order valence-corrected chi connectivity index (χ4v) is 6.21. The highest BCUT2D eigenvalue weighted by molar-refractivity contribution is 5.33. The standard InChI is InChI=1S/C32H48FN/c1-2-3-4-5-6-7-8-9-26-10-12-27(13-11-26)14-15-28-16-18-29(19-17-28)20-21-30-22-23-31(25-34)32(33)24-30/h18,22-24,26-28H,2-17,19-21H2,1H3/t26-,27-,28?. The molecule has 0 radical (unpaired) electrons. The molecule has 0 bridgehead atoms. The third-order valence-electron chi connectivity index (χ3n) is 8.67. The Bertz CT molecular complexity index is 781. The first-order valence-corrected chi connectivity index (χ1v) is 14.5. The van der Waals surface area contributed by atoms with Crippen LogP contribution in [0.4, 0.5) is 4.39 Å². The van der Waals surface area contributed by atoms with Crippen molar-refractivity contribution in [3.05, 3.63) is 46.8 Å². The van der Waals surface area contributed by atoms with Crippen LogP contribution in [-0.4, -0.2) is 0 Å². The van der Waals surface area contributed by atoms with Gasteiger partial charge in [-0.1, -0.05) is 108 Å². The van der Waals surface area contributed by atoms with Crippen LogP contribution in [0.2, 0.25) is 0 Å². The Morgan fingerprint density at radius 1 is 0.824 bits per heavy atom. The number of aryl methyl sites for hydroxylation is 1. The van der Waals surface area contributed by atoms with Crippen molar-refractivity contribution in [1.82, 2.24) is 0 Å². The first-order valence-electron chi connectivity index (χ1n) is 14.5. The zero-order valence-corrected chi connectivity index (χ0v) is 21.8. The summed E-state index contributed by atoms with van der Waals surface area (Å²) in [5.41, 5.74) is 2.69. The Morgan fingerprint density at radius 3 is 2.15 bits per heavy atom. The van der Waals surface area contributed by atoms with Crippen molar-refractivity contribution in [2.24, 2.45) is 17.8 Å². The lowest BCUT2D eigenvalue weighted by molar-refractivity contribution is 0.234. The lowest BCUT2D eigenvalue weighted by atomic mass is 9.76. The summed E-state index contributed by atoms with van der Waals surface area (Å²) >= 11 is 0. The summed E-state index contributed by atoms with van der Waals surface area (Å²) in [5.74, 6) is 2.50. The zero-order chi connectivity index (χ0) is 24.0. The maximum absolute atomic E-state index is 13.8. The third-order valence-corrected chi connectivity index (χ3v) is 8.67. The SMILES string of the molecule is CCCCCCCCC[C@H]1CC[C@H](CCC2CC=C(CCc3ccc(C#N)c(F)c3)CC2)CC1. The number of unbranched alkanes of at least 4 members (excludes halogenated alkanes) is 6. The summed E-state index contributed by atoms with van der Waals surface area (Å²) < 4.78 is 13.8. The van der Waals surface area contributed by atoms with Gasteiger partial charge < -0.3 is 0 Å². The van der Waals surface area contributed by atoms with Gasteiger partial charge in [0.2, 0.25) is 0 Å². The fourth-order valence-electron chi connectivity index (χ4n) is 6.21. The van der Waals surface area contributed by atoms with E-state index in [4.69, 9.17) is 5.26 Å². The summed E-state index contributed by atoms with van der Waals surface area (Å²) in [7, 11) is 0. The van der Waals surface area contributed by atoms with Crippen LogP contribution in [0.25, 0.3) is 0 Å². The molecule has 0 N–H and O–H groups in total. The van der Waals surface area contributed by atoms with Gasteiger partial charge in [-0.3, -0.25) is 0 Å². The van der Waals surface area contributed by atoms with Crippen LogP contribution in [0.1, 0.15) is 134 Å². The molecule has 188 valence electrons. The first kappa shape index (κ1) is 27.0. The lowest BCUT2D eigenvalue weighted by Gasteiger charge is -2.30. The average molecular weight is 466 g/mol. The molecule has 0 heterocycles. The summed E-state index contributed by atoms with van der Waals surface area (Å²) in [6.07, 6.45) is 28.5. The minimum atomic E-state index is -0.385. The molecule has 34 heavy (non-hydrogen) atoms. The molecule has 2 aliphatic carbocycles. The molecule has 0 aromatic heterocycles.